The minimum Gasteiger partial charge on any atom is -0.379 e. The fourth-order valence-electron chi connectivity index (χ4n) is 4.69. The summed E-state index contributed by atoms with van der Waals surface area (Å²) in [6.45, 7) is 6.45. The second-order valence-corrected chi connectivity index (χ2v) is 11.8. The Morgan fingerprint density at radius 3 is 2.56 bits per heavy atom. The summed E-state index contributed by atoms with van der Waals surface area (Å²) in [6.07, 6.45) is 0.809. The first kappa shape index (κ1) is 29.7. The van der Waals surface area contributed by atoms with Gasteiger partial charge in [-0.05, 0) is 37.6 Å². The van der Waals surface area contributed by atoms with E-state index in [1.54, 1.807) is 18.2 Å². The van der Waals surface area contributed by atoms with E-state index in [9.17, 15) is 14.4 Å². The highest BCUT2D eigenvalue weighted by atomic mass is 35.5. The molecule has 0 spiro atoms. The zero-order valence-electron chi connectivity index (χ0n) is 21.9. The van der Waals surface area contributed by atoms with E-state index in [4.69, 9.17) is 27.9 Å². The van der Waals surface area contributed by atoms with Crippen LogP contribution in [0, 0.1) is 0 Å². The van der Waals surface area contributed by atoms with Crippen LogP contribution in [0.4, 0.5) is 0 Å². The van der Waals surface area contributed by atoms with Crippen molar-refractivity contribution < 1.29 is 19.1 Å². The Morgan fingerprint density at radius 2 is 1.85 bits per heavy atom. The topological polar surface area (TPSA) is 91.0 Å². The highest BCUT2D eigenvalue weighted by Crippen LogP contribution is 2.46. The van der Waals surface area contributed by atoms with E-state index >= 15 is 0 Å². The minimum absolute atomic E-state index is 0.0000500. The summed E-state index contributed by atoms with van der Waals surface area (Å²) in [5.74, 6) is -0.738. The number of benzene rings is 2. The Balaban J connectivity index is 1.38. The van der Waals surface area contributed by atoms with E-state index in [2.05, 4.69) is 15.5 Å². The number of hydrogen-bond acceptors (Lipinski definition) is 6. The summed E-state index contributed by atoms with van der Waals surface area (Å²) in [6, 6.07) is 14.5. The van der Waals surface area contributed by atoms with Gasteiger partial charge in [-0.3, -0.25) is 19.3 Å². The van der Waals surface area contributed by atoms with Crippen molar-refractivity contribution in [2.24, 2.45) is 0 Å². The Labute approximate surface area is 243 Å². The van der Waals surface area contributed by atoms with Crippen LogP contribution < -0.4 is 10.6 Å². The lowest BCUT2D eigenvalue weighted by Gasteiger charge is -2.26. The van der Waals surface area contributed by atoms with Crippen molar-refractivity contribution >= 4 is 52.7 Å². The first-order valence-electron chi connectivity index (χ1n) is 13.1. The predicted octanol–water partition coefficient (Wildman–Crippen LogP) is 4.04. The van der Waals surface area contributed by atoms with Crippen LogP contribution in [0.5, 0.6) is 0 Å². The SMILES string of the molecule is C[C@@H](NC(=O)C[C@H]1S[C@H](c2ccc(Cl)cc2Cl)N(CC(=O)NCCCN2CCOCC2)C1=O)c1ccccc1. The number of thioether (sulfide) groups is 1. The van der Waals surface area contributed by atoms with Gasteiger partial charge in [0.2, 0.25) is 17.7 Å². The van der Waals surface area contributed by atoms with E-state index in [-0.39, 0.29) is 36.7 Å². The van der Waals surface area contributed by atoms with Crippen molar-refractivity contribution in [1.29, 1.82) is 0 Å². The number of carbonyl (C=O) groups is 3. The third-order valence-corrected chi connectivity index (χ3v) is 8.83. The van der Waals surface area contributed by atoms with E-state index in [1.807, 2.05) is 37.3 Å². The van der Waals surface area contributed by atoms with Crippen LogP contribution in [-0.4, -0.2) is 78.7 Å². The van der Waals surface area contributed by atoms with Crippen molar-refractivity contribution in [1.82, 2.24) is 20.4 Å². The monoisotopic (exact) mass is 592 g/mol. The lowest BCUT2D eigenvalue weighted by Crippen LogP contribution is -2.42. The summed E-state index contributed by atoms with van der Waals surface area (Å²) < 4.78 is 5.37. The van der Waals surface area contributed by atoms with Crippen molar-refractivity contribution in [2.45, 2.75) is 36.4 Å². The van der Waals surface area contributed by atoms with E-state index in [0.717, 1.165) is 44.8 Å². The second kappa shape index (κ2) is 14.4. The van der Waals surface area contributed by atoms with E-state index in [0.29, 0.717) is 22.2 Å². The smallest absolute Gasteiger partial charge is 0.239 e. The lowest BCUT2D eigenvalue weighted by molar-refractivity contribution is -0.136. The predicted molar refractivity (Wildman–Crippen MR) is 155 cm³/mol. The van der Waals surface area contributed by atoms with Crippen LogP contribution in [0.1, 0.15) is 42.3 Å². The van der Waals surface area contributed by atoms with Crippen LogP contribution >= 0.6 is 35.0 Å². The van der Waals surface area contributed by atoms with Gasteiger partial charge in [-0.15, -0.1) is 11.8 Å². The number of rotatable bonds is 11. The number of amides is 3. The first-order valence-corrected chi connectivity index (χ1v) is 14.8. The van der Waals surface area contributed by atoms with Gasteiger partial charge in [0.25, 0.3) is 0 Å². The van der Waals surface area contributed by atoms with Crippen molar-refractivity contribution in [3.8, 4) is 0 Å². The van der Waals surface area contributed by atoms with E-state index < -0.39 is 10.6 Å². The molecule has 0 aromatic heterocycles. The van der Waals surface area contributed by atoms with Crippen LogP contribution in [0.15, 0.2) is 48.5 Å². The number of hydrogen-bond donors (Lipinski definition) is 2. The number of morpholine rings is 1. The molecular formula is C28H34Cl2N4O4S. The molecule has 0 radical (unpaired) electrons. The van der Waals surface area contributed by atoms with Gasteiger partial charge in [-0.1, -0.05) is 59.6 Å². The molecule has 11 heteroatoms. The quantitative estimate of drug-likeness (QED) is 0.383. The molecule has 2 N–H and O–H groups in total. The molecule has 210 valence electrons. The molecule has 0 aliphatic carbocycles. The third-order valence-electron chi connectivity index (χ3n) is 6.80. The van der Waals surface area contributed by atoms with Gasteiger partial charge in [0.1, 0.15) is 11.9 Å². The molecule has 2 aromatic rings. The summed E-state index contributed by atoms with van der Waals surface area (Å²) in [7, 11) is 0. The van der Waals surface area contributed by atoms with Crippen LogP contribution in [0.2, 0.25) is 10.0 Å². The van der Waals surface area contributed by atoms with Gasteiger partial charge < -0.3 is 20.3 Å². The van der Waals surface area contributed by atoms with Gasteiger partial charge >= 0.3 is 0 Å². The Bertz CT molecular complexity index is 1150. The normalized spacial score (nSPS) is 20.6. The standard InChI is InChI=1S/C28H34Cl2N4O4S/c1-19(20-6-3-2-4-7-20)32-25(35)17-24-27(37)34(28(39-24)22-9-8-21(29)16-23(22)30)18-26(36)31-10-5-11-33-12-14-38-15-13-33/h2-4,6-9,16,19,24,28H,5,10-15,17-18H2,1H3,(H,31,36)(H,32,35)/t19-,24-,28-/m1/s1. The second-order valence-electron chi connectivity index (χ2n) is 9.67. The molecule has 2 heterocycles. The maximum Gasteiger partial charge on any atom is 0.239 e. The minimum atomic E-state index is -0.640. The van der Waals surface area contributed by atoms with Crippen LogP contribution in [0.25, 0.3) is 0 Å². The fraction of sp³-hybridized carbons (Fsp3) is 0.464. The summed E-state index contributed by atoms with van der Waals surface area (Å²) in [5.41, 5.74) is 1.66. The molecule has 2 aromatic carbocycles. The molecule has 8 nitrogen and oxygen atoms in total. The molecule has 2 aliphatic heterocycles. The molecule has 39 heavy (non-hydrogen) atoms. The number of nitrogens with one attached hydrogen (secondary N) is 2. The highest BCUT2D eigenvalue weighted by molar-refractivity contribution is 8.01. The van der Waals surface area contributed by atoms with E-state index in [1.165, 1.54) is 16.7 Å². The molecule has 3 atom stereocenters. The molecule has 2 aliphatic rings. The zero-order chi connectivity index (χ0) is 27.8. The molecule has 2 saturated heterocycles. The Hall–Kier alpha value is -2.30. The Morgan fingerprint density at radius 1 is 1.10 bits per heavy atom. The number of nitrogens with zero attached hydrogens (tertiary/aromatic N) is 2. The summed E-state index contributed by atoms with van der Waals surface area (Å²) >= 11 is 13.9. The molecule has 0 unspecified atom stereocenters. The maximum atomic E-state index is 13.5. The largest absolute Gasteiger partial charge is 0.379 e. The average molecular weight is 594 g/mol. The summed E-state index contributed by atoms with van der Waals surface area (Å²) in [4.78, 5) is 43.1. The number of carbonyl (C=O) groups excluding carboxylic acids is 3. The van der Waals surface area contributed by atoms with Crippen molar-refractivity contribution in [3.05, 3.63) is 69.7 Å². The molecule has 0 saturated carbocycles. The van der Waals surface area contributed by atoms with Crippen LogP contribution in [0.3, 0.4) is 0 Å². The fourth-order valence-corrected chi connectivity index (χ4v) is 6.75. The van der Waals surface area contributed by atoms with Gasteiger partial charge in [0.05, 0.1) is 24.5 Å². The average Bonchev–Trinajstić information content (AvgIpc) is 3.21. The third kappa shape index (κ3) is 8.35. The zero-order valence-corrected chi connectivity index (χ0v) is 24.2. The Kier molecular flexibility index (Phi) is 10.9. The van der Waals surface area contributed by atoms with Gasteiger partial charge in [-0.25, -0.2) is 0 Å². The maximum absolute atomic E-state index is 13.5. The lowest BCUT2D eigenvalue weighted by atomic mass is 10.1. The summed E-state index contributed by atoms with van der Waals surface area (Å²) in [5, 5.41) is 5.65. The van der Waals surface area contributed by atoms with Gasteiger partial charge in [0, 0.05) is 41.7 Å². The molecule has 4 rings (SSSR count). The van der Waals surface area contributed by atoms with Crippen LogP contribution in [-0.2, 0) is 19.1 Å². The number of ether oxygens (including phenoxy) is 1. The molecule has 0 bridgehead atoms. The molecule has 2 fully saturated rings. The van der Waals surface area contributed by atoms with Gasteiger partial charge in [-0.2, -0.15) is 0 Å². The van der Waals surface area contributed by atoms with Gasteiger partial charge in [0.15, 0.2) is 0 Å². The molecular weight excluding hydrogens is 559 g/mol. The highest BCUT2D eigenvalue weighted by Gasteiger charge is 2.43. The van der Waals surface area contributed by atoms with Crippen molar-refractivity contribution in [2.75, 3.05) is 45.9 Å². The number of halogens is 2. The first-order chi connectivity index (χ1) is 18.8. The van der Waals surface area contributed by atoms with Crippen molar-refractivity contribution in [3.63, 3.8) is 0 Å². The molecule has 3 amide bonds.